The number of thiazole rings is 1. The average Bonchev–Trinajstić information content (AvgIpc) is 2.92. The molecule has 19 heavy (non-hydrogen) atoms. The van der Waals surface area contributed by atoms with Crippen molar-refractivity contribution in [1.82, 2.24) is 14.7 Å². The van der Waals surface area contributed by atoms with E-state index in [1.54, 1.807) is 18.5 Å². The molecule has 0 radical (unpaired) electrons. The van der Waals surface area contributed by atoms with Gasteiger partial charge in [0, 0.05) is 17.8 Å². The first kappa shape index (κ1) is 13.9. The van der Waals surface area contributed by atoms with E-state index in [-0.39, 0.29) is 4.90 Å². The van der Waals surface area contributed by atoms with E-state index in [0.717, 1.165) is 0 Å². The van der Waals surface area contributed by atoms with Gasteiger partial charge < -0.3 is 5.43 Å². The number of nitrogen functional groups attached to an aromatic ring is 1. The van der Waals surface area contributed by atoms with E-state index in [1.807, 2.05) is 0 Å². The van der Waals surface area contributed by atoms with E-state index >= 15 is 0 Å². The van der Waals surface area contributed by atoms with Crippen molar-refractivity contribution in [2.24, 2.45) is 5.84 Å². The largest absolute Gasteiger partial charge is 0.308 e. The molecular weight excluding hydrogens is 286 g/mol. The van der Waals surface area contributed by atoms with Gasteiger partial charge in [-0.25, -0.2) is 29.0 Å². The normalized spacial score (nSPS) is 13.2. The molecule has 2 heterocycles. The van der Waals surface area contributed by atoms with Crippen LogP contribution in [0.25, 0.3) is 0 Å². The van der Waals surface area contributed by atoms with Gasteiger partial charge in [0.15, 0.2) is 0 Å². The first-order valence-corrected chi connectivity index (χ1v) is 7.73. The molecule has 4 N–H and O–H groups in total. The molecule has 9 heteroatoms. The third-order valence-corrected chi connectivity index (χ3v) is 4.83. The maximum absolute atomic E-state index is 12.1. The molecule has 0 bridgehead atoms. The molecule has 1 atom stereocenters. The number of nitrogens with two attached hydrogens (primary N) is 1. The van der Waals surface area contributed by atoms with Crippen LogP contribution in [0.1, 0.15) is 18.0 Å². The number of nitrogens with zero attached hydrogens (tertiary/aromatic N) is 2. The second kappa shape index (κ2) is 5.61. The maximum atomic E-state index is 12.1. The Morgan fingerprint density at radius 2 is 2.16 bits per heavy atom. The minimum absolute atomic E-state index is 0.0786. The SMILES string of the molecule is CC(NS(=O)(=O)c1ccc(NN)nc1)c1nccs1. The van der Waals surface area contributed by atoms with Crippen molar-refractivity contribution in [2.75, 3.05) is 5.43 Å². The van der Waals surface area contributed by atoms with Crippen molar-refractivity contribution in [3.8, 4) is 0 Å². The molecule has 0 aromatic carbocycles. The van der Waals surface area contributed by atoms with Crippen LogP contribution in [0.15, 0.2) is 34.8 Å². The molecule has 0 saturated carbocycles. The van der Waals surface area contributed by atoms with Gasteiger partial charge in [0.05, 0.1) is 6.04 Å². The van der Waals surface area contributed by atoms with Crippen LogP contribution in [0.4, 0.5) is 5.82 Å². The Hall–Kier alpha value is -1.55. The lowest BCUT2D eigenvalue weighted by Gasteiger charge is -2.11. The smallest absolute Gasteiger partial charge is 0.242 e. The minimum Gasteiger partial charge on any atom is -0.308 e. The zero-order chi connectivity index (χ0) is 13.9. The highest BCUT2D eigenvalue weighted by Crippen LogP contribution is 2.18. The Morgan fingerprint density at radius 1 is 1.37 bits per heavy atom. The molecule has 0 fully saturated rings. The van der Waals surface area contributed by atoms with Gasteiger partial charge in [0.25, 0.3) is 0 Å². The standard InChI is InChI=1S/C10H13N5O2S2/c1-7(10-12-4-5-18-10)15-19(16,17)8-2-3-9(14-11)13-6-8/h2-7,15H,11H2,1H3,(H,13,14). The minimum atomic E-state index is -3.62. The van der Waals surface area contributed by atoms with Gasteiger partial charge in [-0.2, -0.15) is 0 Å². The Morgan fingerprint density at radius 3 is 2.68 bits per heavy atom. The number of hydrogen-bond donors (Lipinski definition) is 3. The highest BCUT2D eigenvalue weighted by Gasteiger charge is 2.19. The Bertz CT molecular complexity index is 624. The first-order chi connectivity index (χ1) is 9.03. The molecule has 102 valence electrons. The fourth-order valence-corrected chi connectivity index (χ4v) is 3.30. The van der Waals surface area contributed by atoms with Gasteiger partial charge in [-0.3, -0.25) is 0 Å². The van der Waals surface area contributed by atoms with Crippen molar-refractivity contribution < 1.29 is 8.42 Å². The highest BCUT2D eigenvalue weighted by molar-refractivity contribution is 7.89. The van der Waals surface area contributed by atoms with Crippen LogP contribution in [0, 0.1) is 0 Å². The number of hydrazine groups is 1. The highest BCUT2D eigenvalue weighted by atomic mass is 32.2. The van der Waals surface area contributed by atoms with E-state index < -0.39 is 16.1 Å². The van der Waals surface area contributed by atoms with Crippen LogP contribution in [-0.2, 0) is 10.0 Å². The topological polar surface area (TPSA) is 110 Å². The molecule has 0 aliphatic carbocycles. The summed E-state index contributed by atoms with van der Waals surface area (Å²) in [6, 6.07) is 2.53. The lowest BCUT2D eigenvalue weighted by molar-refractivity contribution is 0.566. The summed E-state index contributed by atoms with van der Waals surface area (Å²) in [5.41, 5.74) is 2.33. The summed E-state index contributed by atoms with van der Waals surface area (Å²) in [6.07, 6.45) is 2.88. The van der Waals surface area contributed by atoms with Crippen LogP contribution >= 0.6 is 11.3 Å². The molecule has 2 aromatic rings. The fraction of sp³-hybridized carbons (Fsp3) is 0.200. The summed E-state index contributed by atoms with van der Waals surface area (Å²) in [7, 11) is -3.62. The van der Waals surface area contributed by atoms with Crippen LogP contribution in [-0.4, -0.2) is 18.4 Å². The van der Waals surface area contributed by atoms with E-state index in [0.29, 0.717) is 10.8 Å². The predicted molar refractivity (Wildman–Crippen MR) is 72.9 cm³/mol. The van der Waals surface area contributed by atoms with E-state index in [2.05, 4.69) is 20.1 Å². The van der Waals surface area contributed by atoms with Gasteiger partial charge in [0.1, 0.15) is 15.7 Å². The lowest BCUT2D eigenvalue weighted by atomic mass is 10.4. The van der Waals surface area contributed by atoms with Crippen molar-refractivity contribution in [2.45, 2.75) is 17.9 Å². The number of sulfonamides is 1. The number of rotatable bonds is 5. The van der Waals surface area contributed by atoms with Crippen LogP contribution in [0.2, 0.25) is 0 Å². The molecule has 1 unspecified atom stereocenters. The number of anilines is 1. The van der Waals surface area contributed by atoms with Gasteiger partial charge >= 0.3 is 0 Å². The third-order valence-electron chi connectivity index (χ3n) is 2.35. The Labute approximate surface area is 114 Å². The fourth-order valence-electron chi connectivity index (χ4n) is 1.42. The predicted octanol–water partition coefficient (Wildman–Crippen LogP) is 0.863. The average molecular weight is 299 g/mol. The van der Waals surface area contributed by atoms with E-state index in [4.69, 9.17) is 5.84 Å². The van der Waals surface area contributed by atoms with Crippen molar-refractivity contribution in [3.63, 3.8) is 0 Å². The van der Waals surface area contributed by atoms with Crippen LogP contribution in [0.5, 0.6) is 0 Å². The maximum Gasteiger partial charge on any atom is 0.242 e. The van der Waals surface area contributed by atoms with E-state index in [9.17, 15) is 8.42 Å². The second-order valence-electron chi connectivity index (χ2n) is 3.74. The summed E-state index contributed by atoms with van der Waals surface area (Å²) >= 11 is 1.39. The van der Waals surface area contributed by atoms with Crippen molar-refractivity contribution >= 4 is 27.2 Å². The van der Waals surface area contributed by atoms with Crippen molar-refractivity contribution in [1.29, 1.82) is 0 Å². The molecule has 7 nitrogen and oxygen atoms in total. The quantitative estimate of drug-likeness (QED) is 0.558. The summed E-state index contributed by atoms with van der Waals surface area (Å²) in [4.78, 5) is 8.01. The molecule has 2 rings (SSSR count). The lowest BCUT2D eigenvalue weighted by Crippen LogP contribution is -2.27. The van der Waals surface area contributed by atoms with Gasteiger partial charge in [-0.1, -0.05) is 0 Å². The zero-order valence-electron chi connectivity index (χ0n) is 10.1. The van der Waals surface area contributed by atoms with Gasteiger partial charge in [-0.05, 0) is 19.1 Å². The summed E-state index contributed by atoms with van der Waals surface area (Å²) in [6.45, 7) is 1.74. The van der Waals surface area contributed by atoms with E-state index in [1.165, 1.54) is 29.7 Å². The summed E-state index contributed by atoms with van der Waals surface area (Å²) in [5.74, 6) is 5.56. The zero-order valence-corrected chi connectivity index (χ0v) is 11.7. The molecule has 0 aliphatic heterocycles. The summed E-state index contributed by atoms with van der Waals surface area (Å²) in [5, 5.41) is 2.50. The number of nitrogens with one attached hydrogen (secondary N) is 2. The molecule has 0 amide bonds. The number of hydrogen-bond acceptors (Lipinski definition) is 7. The first-order valence-electron chi connectivity index (χ1n) is 5.37. The molecule has 0 spiro atoms. The monoisotopic (exact) mass is 299 g/mol. The molecule has 0 saturated heterocycles. The molecular formula is C10H13N5O2S2. The Kier molecular flexibility index (Phi) is 4.10. The summed E-state index contributed by atoms with van der Waals surface area (Å²) < 4.78 is 26.8. The van der Waals surface area contributed by atoms with Gasteiger partial charge in [-0.15, -0.1) is 11.3 Å². The molecule has 2 aromatic heterocycles. The van der Waals surface area contributed by atoms with Crippen molar-refractivity contribution in [3.05, 3.63) is 34.9 Å². The van der Waals surface area contributed by atoms with Crippen LogP contribution < -0.4 is 16.0 Å². The molecule has 0 aliphatic rings. The Balaban J connectivity index is 2.17. The van der Waals surface area contributed by atoms with Gasteiger partial charge in [0.2, 0.25) is 10.0 Å². The second-order valence-corrected chi connectivity index (χ2v) is 6.38. The van der Waals surface area contributed by atoms with Crippen LogP contribution in [0.3, 0.4) is 0 Å². The number of aromatic nitrogens is 2. The third kappa shape index (κ3) is 3.26. The number of pyridine rings is 1.